The van der Waals surface area contributed by atoms with Crippen LogP contribution in [0.4, 0.5) is 5.69 Å². The molecule has 0 saturated heterocycles. The number of halogens is 2. The number of nitrogens with zero attached hydrogens (tertiary/aromatic N) is 2. The van der Waals surface area contributed by atoms with Gasteiger partial charge in [-0.15, -0.1) is 0 Å². The molecule has 0 spiro atoms. The lowest BCUT2D eigenvalue weighted by Gasteiger charge is -2.17. The van der Waals surface area contributed by atoms with E-state index >= 15 is 0 Å². The van der Waals surface area contributed by atoms with Crippen molar-refractivity contribution < 1.29 is 14.4 Å². The van der Waals surface area contributed by atoms with Gasteiger partial charge in [-0.1, -0.05) is 32.7 Å². The van der Waals surface area contributed by atoms with Gasteiger partial charge in [-0.3, -0.25) is 4.79 Å². The van der Waals surface area contributed by atoms with E-state index < -0.39 is 5.97 Å². The van der Waals surface area contributed by atoms with Crippen LogP contribution in [0.1, 0.15) is 30.7 Å². The van der Waals surface area contributed by atoms with Gasteiger partial charge in [-0.25, -0.2) is 0 Å². The lowest BCUT2D eigenvalue weighted by Crippen LogP contribution is -2.25. The standard InChI is InChI=1S/C21H17BrClN3O3/c22-13-5-12(6-14(23)9-13)21-25-20(26-29-21)11-2-4-17-16(7-11)15-3-1-10(8-18(27)28)19(15)24-17/h2,4-7,9-10,15,19,24H,1,3,8H2,(H,27,28). The van der Waals surface area contributed by atoms with Crippen molar-refractivity contribution in [2.24, 2.45) is 5.92 Å². The Morgan fingerprint density at radius 2 is 2.10 bits per heavy atom. The topological polar surface area (TPSA) is 88.2 Å². The van der Waals surface area contributed by atoms with Gasteiger partial charge < -0.3 is 14.9 Å². The van der Waals surface area contributed by atoms with E-state index in [9.17, 15) is 4.79 Å². The molecule has 2 heterocycles. The fourth-order valence-electron chi connectivity index (χ4n) is 4.56. The minimum atomic E-state index is -0.735. The highest BCUT2D eigenvalue weighted by Crippen LogP contribution is 2.49. The Labute approximate surface area is 180 Å². The number of benzene rings is 2. The van der Waals surface area contributed by atoms with E-state index in [1.807, 2.05) is 18.2 Å². The first-order valence-electron chi connectivity index (χ1n) is 9.41. The third kappa shape index (κ3) is 3.42. The van der Waals surface area contributed by atoms with Crippen LogP contribution in [0, 0.1) is 5.92 Å². The van der Waals surface area contributed by atoms with Gasteiger partial charge in [0, 0.05) is 38.3 Å². The monoisotopic (exact) mass is 473 g/mol. The van der Waals surface area contributed by atoms with Crippen LogP contribution in [-0.2, 0) is 4.79 Å². The number of hydrogen-bond acceptors (Lipinski definition) is 5. The van der Waals surface area contributed by atoms with E-state index in [-0.39, 0.29) is 18.4 Å². The fourth-order valence-corrected chi connectivity index (χ4v) is 5.42. The van der Waals surface area contributed by atoms with Crippen molar-refractivity contribution in [1.29, 1.82) is 0 Å². The Morgan fingerprint density at radius 1 is 1.24 bits per heavy atom. The van der Waals surface area contributed by atoms with E-state index in [0.717, 1.165) is 34.1 Å². The van der Waals surface area contributed by atoms with Gasteiger partial charge >= 0.3 is 5.97 Å². The molecule has 3 aromatic rings. The van der Waals surface area contributed by atoms with Crippen LogP contribution < -0.4 is 5.32 Å². The van der Waals surface area contributed by atoms with Gasteiger partial charge in [0.1, 0.15) is 0 Å². The third-order valence-corrected chi connectivity index (χ3v) is 6.47. The van der Waals surface area contributed by atoms with Crippen LogP contribution >= 0.6 is 27.5 Å². The summed E-state index contributed by atoms with van der Waals surface area (Å²) in [5.41, 5.74) is 3.90. The zero-order chi connectivity index (χ0) is 20.1. The average Bonchev–Trinajstić information content (AvgIpc) is 3.36. The predicted molar refractivity (Wildman–Crippen MR) is 113 cm³/mol. The van der Waals surface area contributed by atoms with E-state index in [1.54, 1.807) is 12.1 Å². The minimum Gasteiger partial charge on any atom is -0.481 e. The molecular weight excluding hydrogens is 458 g/mol. The summed E-state index contributed by atoms with van der Waals surface area (Å²) in [6.45, 7) is 0. The van der Waals surface area contributed by atoms with Crippen molar-refractivity contribution in [3.05, 3.63) is 51.5 Å². The van der Waals surface area contributed by atoms with Crippen LogP contribution in [0.15, 0.2) is 45.4 Å². The summed E-state index contributed by atoms with van der Waals surface area (Å²) in [6, 6.07) is 11.7. The van der Waals surface area contributed by atoms with Crippen molar-refractivity contribution in [2.45, 2.75) is 31.2 Å². The molecule has 2 aromatic carbocycles. The molecule has 148 valence electrons. The Balaban J connectivity index is 1.43. The van der Waals surface area contributed by atoms with E-state index in [4.69, 9.17) is 21.2 Å². The summed E-state index contributed by atoms with van der Waals surface area (Å²) in [6.07, 6.45) is 2.12. The number of carboxylic acid groups (broad SMARTS) is 1. The Hall–Kier alpha value is -2.38. The highest BCUT2D eigenvalue weighted by Gasteiger charge is 2.43. The molecule has 0 radical (unpaired) electrons. The molecule has 1 fully saturated rings. The smallest absolute Gasteiger partial charge is 0.303 e. The summed E-state index contributed by atoms with van der Waals surface area (Å²) in [5, 5.41) is 17.4. The normalized spacial score (nSPS) is 22.2. The third-order valence-electron chi connectivity index (χ3n) is 5.79. The summed E-state index contributed by atoms with van der Waals surface area (Å²) < 4.78 is 6.30. The van der Waals surface area contributed by atoms with E-state index in [1.165, 1.54) is 5.56 Å². The quantitative estimate of drug-likeness (QED) is 0.513. The van der Waals surface area contributed by atoms with Crippen molar-refractivity contribution in [2.75, 3.05) is 5.32 Å². The van der Waals surface area contributed by atoms with E-state index in [2.05, 4.69) is 37.5 Å². The van der Waals surface area contributed by atoms with Crippen LogP contribution in [0.25, 0.3) is 22.8 Å². The predicted octanol–water partition coefficient (Wildman–Crippen LogP) is 5.58. The Morgan fingerprint density at radius 3 is 2.90 bits per heavy atom. The van der Waals surface area contributed by atoms with Crippen LogP contribution in [0.5, 0.6) is 0 Å². The first-order chi connectivity index (χ1) is 14.0. The van der Waals surface area contributed by atoms with Gasteiger partial charge in [0.15, 0.2) is 0 Å². The number of carboxylic acids is 1. The summed E-state index contributed by atoms with van der Waals surface area (Å²) >= 11 is 9.54. The largest absolute Gasteiger partial charge is 0.481 e. The molecule has 0 bridgehead atoms. The van der Waals surface area contributed by atoms with Crippen molar-refractivity contribution >= 4 is 39.2 Å². The molecule has 8 heteroatoms. The van der Waals surface area contributed by atoms with Gasteiger partial charge in [0.05, 0.1) is 6.42 Å². The van der Waals surface area contributed by atoms with Gasteiger partial charge in [0.2, 0.25) is 5.82 Å². The fraction of sp³-hybridized carbons (Fsp3) is 0.286. The van der Waals surface area contributed by atoms with Gasteiger partial charge in [-0.05, 0) is 60.7 Å². The number of nitrogens with one attached hydrogen (secondary N) is 1. The second kappa shape index (κ2) is 7.15. The SMILES string of the molecule is O=C(O)CC1CCC2c3cc(-c4noc(-c5cc(Cl)cc(Br)c5)n4)ccc3NC12. The zero-order valence-electron chi connectivity index (χ0n) is 15.2. The second-order valence-corrected chi connectivity index (χ2v) is 8.95. The molecule has 1 saturated carbocycles. The van der Waals surface area contributed by atoms with Crippen molar-refractivity contribution in [1.82, 2.24) is 10.1 Å². The molecule has 3 atom stereocenters. The van der Waals surface area contributed by atoms with Crippen LogP contribution in [0.3, 0.4) is 0 Å². The molecule has 5 rings (SSSR count). The number of hydrogen-bond donors (Lipinski definition) is 2. The molecule has 1 aromatic heterocycles. The zero-order valence-corrected chi connectivity index (χ0v) is 17.6. The van der Waals surface area contributed by atoms with Crippen molar-refractivity contribution in [3.8, 4) is 22.8 Å². The summed E-state index contributed by atoms with van der Waals surface area (Å²) in [4.78, 5) is 15.7. The lowest BCUT2D eigenvalue weighted by atomic mass is 9.93. The van der Waals surface area contributed by atoms with Crippen LogP contribution in [0.2, 0.25) is 5.02 Å². The number of aromatic nitrogens is 2. The number of rotatable bonds is 4. The lowest BCUT2D eigenvalue weighted by molar-refractivity contribution is -0.138. The molecule has 2 N–H and O–H groups in total. The maximum atomic E-state index is 11.2. The Kier molecular flexibility index (Phi) is 4.59. The Bertz CT molecular complexity index is 1100. The molecule has 1 aliphatic heterocycles. The molecule has 1 aliphatic carbocycles. The van der Waals surface area contributed by atoms with E-state index in [0.29, 0.717) is 22.7 Å². The number of anilines is 1. The maximum absolute atomic E-state index is 11.2. The minimum absolute atomic E-state index is 0.159. The molecule has 0 amide bonds. The first kappa shape index (κ1) is 18.6. The van der Waals surface area contributed by atoms with Gasteiger partial charge in [-0.2, -0.15) is 4.98 Å². The molecule has 29 heavy (non-hydrogen) atoms. The van der Waals surface area contributed by atoms with Crippen LogP contribution in [-0.4, -0.2) is 27.3 Å². The molecule has 2 aliphatic rings. The molecular formula is C21H17BrClN3O3. The molecule has 3 unspecified atom stereocenters. The number of aliphatic carboxylic acids is 1. The second-order valence-electron chi connectivity index (χ2n) is 7.60. The van der Waals surface area contributed by atoms with Crippen molar-refractivity contribution in [3.63, 3.8) is 0 Å². The average molecular weight is 475 g/mol. The van der Waals surface area contributed by atoms with Gasteiger partial charge in [0.25, 0.3) is 5.89 Å². The number of fused-ring (bicyclic) bond motifs is 3. The summed E-state index contributed by atoms with van der Waals surface area (Å²) in [7, 11) is 0. The molecule has 6 nitrogen and oxygen atoms in total. The highest BCUT2D eigenvalue weighted by atomic mass is 79.9. The summed E-state index contributed by atoms with van der Waals surface area (Å²) in [5.74, 6) is 0.668. The number of carbonyl (C=O) groups is 1. The first-order valence-corrected chi connectivity index (χ1v) is 10.6. The highest BCUT2D eigenvalue weighted by molar-refractivity contribution is 9.10. The maximum Gasteiger partial charge on any atom is 0.303 e.